The first-order valence-corrected chi connectivity index (χ1v) is 8.14. The van der Waals surface area contributed by atoms with Gasteiger partial charge in [-0.05, 0) is 48.2 Å². The lowest BCUT2D eigenvalue weighted by atomic mass is 9.65. The van der Waals surface area contributed by atoms with Crippen molar-refractivity contribution in [2.45, 2.75) is 37.5 Å². The average molecular weight is 310 g/mol. The maximum atomic E-state index is 11.1. The summed E-state index contributed by atoms with van der Waals surface area (Å²) < 4.78 is 5.27. The predicted molar refractivity (Wildman–Crippen MR) is 90.3 cm³/mol. The van der Waals surface area contributed by atoms with Crippen LogP contribution in [0.15, 0.2) is 48.5 Å². The van der Waals surface area contributed by atoms with Crippen LogP contribution in [0.1, 0.15) is 53.6 Å². The summed E-state index contributed by atoms with van der Waals surface area (Å²) in [6, 6.07) is 15.7. The number of hydrogen-bond donors (Lipinski definition) is 1. The van der Waals surface area contributed by atoms with Crippen molar-refractivity contribution < 1.29 is 14.6 Å². The maximum absolute atomic E-state index is 11.1. The van der Waals surface area contributed by atoms with Gasteiger partial charge in [0, 0.05) is 5.41 Å². The zero-order chi connectivity index (χ0) is 16.3. The Morgan fingerprint density at radius 1 is 0.913 bits per heavy atom. The maximum Gasteiger partial charge on any atom is 0.335 e. The van der Waals surface area contributed by atoms with E-state index in [1.165, 1.54) is 30.4 Å². The van der Waals surface area contributed by atoms with Gasteiger partial charge in [-0.15, -0.1) is 0 Å². The van der Waals surface area contributed by atoms with Crippen LogP contribution >= 0.6 is 0 Å². The zero-order valence-electron chi connectivity index (χ0n) is 13.4. The van der Waals surface area contributed by atoms with E-state index in [0.29, 0.717) is 5.56 Å². The molecular weight excluding hydrogens is 288 g/mol. The molecule has 1 aliphatic rings. The van der Waals surface area contributed by atoms with Crippen LogP contribution in [-0.4, -0.2) is 18.2 Å². The third kappa shape index (κ3) is 2.96. The predicted octanol–water partition coefficient (Wildman–Crippen LogP) is 4.64. The molecule has 2 aromatic rings. The van der Waals surface area contributed by atoms with Gasteiger partial charge in [0.1, 0.15) is 5.75 Å². The molecule has 1 fully saturated rings. The molecule has 1 saturated carbocycles. The summed E-state index contributed by atoms with van der Waals surface area (Å²) in [6.07, 6.45) is 5.88. The SMILES string of the molecule is COc1ccc(C2(c3ccc(C(=O)O)cc3)CCCCC2)cc1. The first kappa shape index (κ1) is 15.6. The summed E-state index contributed by atoms with van der Waals surface area (Å²) in [5, 5.41) is 9.11. The Bertz CT molecular complexity index is 665. The smallest absolute Gasteiger partial charge is 0.335 e. The van der Waals surface area contributed by atoms with Gasteiger partial charge in [0.2, 0.25) is 0 Å². The number of carbonyl (C=O) groups is 1. The van der Waals surface area contributed by atoms with E-state index < -0.39 is 5.97 Å². The van der Waals surface area contributed by atoms with Gasteiger partial charge in [-0.25, -0.2) is 4.79 Å². The van der Waals surface area contributed by atoms with Gasteiger partial charge in [0.15, 0.2) is 0 Å². The second-order valence-corrected chi connectivity index (χ2v) is 6.25. The number of rotatable bonds is 4. The molecule has 0 atom stereocenters. The summed E-state index contributed by atoms with van der Waals surface area (Å²) in [4.78, 5) is 11.1. The van der Waals surface area contributed by atoms with Crippen LogP contribution in [-0.2, 0) is 5.41 Å². The average Bonchev–Trinajstić information content (AvgIpc) is 2.62. The molecule has 0 saturated heterocycles. The van der Waals surface area contributed by atoms with Crippen LogP contribution in [0.4, 0.5) is 0 Å². The fourth-order valence-electron chi connectivity index (χ4n) is 3.74. The number of carboxylic acid groups (broad SMARTS) is 1. The van der Waals surface area contributed by atoms with Crippen molar-refractivity contribution >= 4 is 5.97 Å². The number of ether oxygens (including phenoxy) is 1. The number of carboxylic acids is 1. The van der Waals surface area contributed by atoms with E-state index in [1.54, 1.807) is 19.2 Å². The van der Waals surface area contributed by atoms with Crippen LogP contribution in [0.5, 0.6) is 5.75 Å². The van der Waals surface area contributed by atoms with Crippen molar-refractivity contribution in [3.8, 4) is 5.75 Å². The van der Waals surface area contributed by atoms with Crippen molar-refractivity contribution in [3.05, 3.63) is 65.2 Å². The summed E-state index contributed by atoms with van der Waals surface area (Å²) in [5.74, 6) is -0.0142. The highest BCUT2D eigenvalue weighted by atomic mass is 16.5. The van der Waals surface area contributed by atoms with Crippen molar-refractivity contribution in [1.82, 2.24) is 0 Å². The Morgan fingerprint density at radius 2 is 1.43 bits per heavy atom. The van der Waals surface area contributed by atoms with Crippen LogP contribution < -0.4 is 4.74 Å². The molecule has 0 aromatic heterocycles. The zero-order valence-corrected chi connectivity index (χ0v) is 13.4. The fraction of sp³-hybridized carbons (Fsp3) is 0.350. The quantitative estimate of drug-likeness (QED) is 0.894. The second-order valence-electron chi connectivity index (χ2n) is 6.25. The van der Waals surface area contributed by atoms with E-state index in [0.717, 1.165) is 18.6 Å². The first-order chi connectivity index (χ1) is 11.2. The third-order valence-electron chi connectivity index (χ3n) is 5.03. The van der Waals surface area contributed by atoms with Gasteiger partial charge in [0.05, 0.1) is 12.7 Å². The molecule has 0 aliphatic heterocycles. The highest BCUT2D eigenvalue weighted by Crippen LogP contribution is 2.45. The molecule has 1 N–H and O–H groups in total. The Morgan fingerprint density at radius 3 is 1.91 bits per heavy atom. The van der Waals surface area contributed by atoms with E-state index >= 15 is 0 Å². The van der Waals surface area contributed by atoms with Gasteiger partial charge in [-0.2, -0.15) is 0 Å². The topological polar surface area (TPSA) is 46.5 Å². The number of hydrogen-bond acceptors (Lipinski definition) is 2. The van der Waals surface area contributed by atoms with E-state index in [9.17, 15) is 4.79 Å². The molecule has 0 amide bonds. The largest absolute Gasteiger partial charge is 0.497 e. The third-order valence-corrected chi connectivity index (χ3v) is 5.03. The van der Waals surface area contributed by atoms with Gasteiger partial charge in [-0.3, -0.25) is 0 Å². The van der Waals surface area contributed by atoms with Gasteiger partial charge >= 0.3 is 5.97 Å². The van der Waals surface area contributed by atoms with E-state index in [1.807, 2.05) is 24.3 Å². The van der Waals surface area contributed by atoms with Crippen LogP contribution in [0, 0.1) is 0 Å². The second kappa shape index (κ2) is 6.45. The molecular formula is C20H22O3. The molecule has 120 valence electrons. The van der Waals surface area contributed by atoms with Gasteiger partial charge in [-0.1, -0.05) is 43.5 Å². The lowest BCUT2D eigenvalue weighted by Crippen LogP contribution is -2.30. The molecule has 0 heterocycles. The lowest BCUT2D eigenvalue weighted by Gasteiger charge is -2.38. The van der Waals surface area contributed by atoms with Crippen molar-refractivity contribution in [1.29, 1.82) is 0 Å². The van der Waals surface area contributed by atoms with Crippen molar-refractivity contribution in [2.24, 2.45) is 0 Å². The fourth-order valence-corrected chi connectivity index (χ4v) is 3.74. The summed E-state index contributed by atoms with van der Waals surface area (Å²) in [7, 11) is 1.68. The molecule has 3 rings (SSSR count). The van der Waals surface area contributed by atoms with Crippen LogP contribution in [0.2, 0.25) is 0 Å². The molecule has 1 aliphatic carbocycles. The normalized spacial score (nSPS) is 16.7. The molecule has 3 nitrogen and oxygen atoms in total. The molecule has 23 heavy (non-hydrogen) atoms. The summed E-state index contributed by atoms with van der Waals surface area (Å²) in [6.45, 7) is 0. The lowest BCUT2D eigenvalue weighted by molar-refractivity contribution is 0.0697. The molecule has 0 radical (unpaired) electrons. The summed E-state index contributed by atoms with van der Waals surface area (Å²) in [5.41, 5.74) is 2.84. The minimum Gasteiger partial charge on any atom is -0.497 e. The van der Waals surface area contributed by atoms with Crippen molar-refractivity contribution in [3.63, 3.8) is 0 Å². The Balaban J connectivity index is 2.03. The molecule has 0 bridgehead atoms. The van der Waals surface area contributed by atoms with E-state index in [2.05, 4.69) is 12.1 Å². The van der Waals surface area contributed by atoms with E-state index in [-0.39, 0.29) is 5.41 Å². The minimum atomic E-state index is -0.876. The Kier molecular flexibility index (Phi) is 4.37. The standard InChI is InChI=1S/C20H22O3/c1-23-18-11-9-17(10-12-18)20(13-3-2-4-14-20)16-7-5-15(6-8-16)19(21)22/h5-12H,2-4,13-14H2,1H3,(H,21,22). The molecule has 2 aromatic carbocycles. The summed E-state index contributed by atoms with van der Waals surface area (Å²) >= 11 is 0. The Labute approximate surface area is 136 Å². The highest BCUT2D eigenvalue weighted by Gasteiger charge is 2.35. The minimum absolute atomic E-state index is 0.0123. The number of aromatic carboxylic acids is 1. The number of benzene rings is 2. The first-order valence-electron chi connectivity index (χ1n) is 8.14. The van der Waals surface area contributed by atoms with Crippen LogP contribution in [0.25, 0.3) is 0 Å². The highest BCUT2D eigenvalue weighted by molar-refractivity contribution is 5.87. The molecule has 3 heteroatoms. The molecule has 0 unspecified atom stereocenters. The van der Waals surface area contributed by atoms with Gasteiger partial charge < -0.3 is 9.84 Å². The number of methoxy groups -OCH3 is 1. The Hall–Kier alpha value is -2.29. The van der Waals surface area contributed by atoms with E-state index in [4.69, 9.17) is 9.84 Å². The van der Waals surface area contributed by atoms with Crippen molar-refractivity contribution in [2.75, 3.05) is 7.11 Å². The molecule has 0 spiro atoms. The van der Waals surface area contributed by atoms with Gasteiger partial charge in [0.25, 0.3) is 0 Å². The van der Waals surface area contributed by atoms with Crippen LogP contribution in [0.3, 0.4) is 0 Å². The monoisotopic (exact) mass is 310 g/mol.